The van der Waals surface area contributed by atoms with Gasteiger partial charge in [0.25, 0.3) is 0 Å². The van der Waals surface area contributed by atoms with Gasteiger partial charge in [-0.2, -0.15) is 0 Å². The molecular weight excluding hydrogens is 975 g/mol. The summed E-state index contributed by atoms with van der Waals surface area (Å²) in [6.07, 6.45) is 28.4. The van der Waals surface area contributed by atoms with Crippen LogP contribution < -0.4 is 31.8 Å². The van der Waals surface area contributed by atoms with E-state index in [1.165, 1.54) is 146 Å². The molecule has 0 aromatic heterocycles. The minimum atomic E-state index is -1.04. The fourth-order valence-electron chi connectivity index (χ4n) is 12.5. The maximum Gasteiger partial charge on any atom is -0.000883 e. The molecule has 0 radical (unpaired) electrons. The van der Waals surface area contributed by atoms with E-state index in [9.17, 15) is 0 Å². The Morgan fingerprint density at radius 2 is 0.487 bits per heavy atom. The highest BCUT2D eigenvalue weighted by molar-refractivity contribution is 7.81. The number of unbranched alkanes of at least 4 members (excludes halogenated alkanes) is 8. The highest BCUT2D eigenvalue weighted by Crippen LogP contribution is 2.48. The average Bonchev–Trinajstić information content (AvgIpc) is 3.50. The van der Waals surface area contributed by atoms with Crippen LogP contribution in [0.1, 0.15) is 203 Å². The smallest absolute Gasteiger partial charge is 0.000883 e. The molecule has 0 N–H and O–H groups in total. The zero-order chi connectivity index (χ0) is 54.6. The first-order chi connectivity index (χ1) is 38.5. The van der Waals surface area contributed by atoms with Crippen LogP contribution in [-0.4, -0.2) is 0 Å². The molecule has 0 aliphatic rings. The Kier molecular flexibility index (Phi) is 23.3. The van der Waals surface area contributed by atoms with Crippen molar-refractivity contribution >= 4 is 69.2 Å². The number of fused-ring (bicyclic) bond motifs is 2. The molecular formula is C76H96P2. The Labute approximate surface area is 477 Å². The monoisotopic (exact) mass is 1070 g/mol. The molecule has 0 spiro atoms. The fraction of sp³-hybridized carbons (Fsp3) is 0.421. The molecule has 0 fully saturated rings. The Morgan fingerprint density at radius 1 is 0.231 bits per heavy atom. The molecule has 78 heavy (non-hydrogen) atoms. The van der Waals surface area contributed by atoms with Crippen LogP contribution in [-0.2, 0) is 51.4 Å². The van der Waals surface area contributed by atoms with Gasteiger partial charge < -0.3 is 0 Å². The van der Waals surface area contributed by atoms with E-state index in [-0.39, 0.29) is 0 Å². The second-order valence-electron chi connectivity index (χ2n) is 22.5. The summed E-state index contributed by atoms with van der Waals surface area (Å²) in [5.41, 5.74) is 15.8. The molecule has 0 heterocycles. The Hall–Kier alpha value is -4.86. The van der Waals surface area contributed by atoms with E-state index in [0.717, 1.165) is 51.4 Å². The molecule has 0 bridgehead atoms. The maximum absolute atomic E-state index is 2.65. The lowest BCUT2D eigenvalue weighted by molar-refractivity contribution is 0.760. The van der Waals surface area contributed by atoms with E-state index in [2.05, 4.69) is 201 Å². The number of benzene rings is 8. The van der Waals surface area contributed by atoms with Crippen LogP contribution in [0.3, 0.4) is 0 Å². The van der Waals surface area contributed by atoms with Crippen LogP contribution in [0.5, 0.6) is 0 Å². The van der Waals surface area contributed by atoms with Crippen LogP contribution in [0.25, 0.3) is 32.7 Å². The van der Waals surface area contributed by atoms with E-state index in [4.69, 9.17) is 0 Å². The maximum atomic E-state index is 2.65. The lowest BCUT2D eigenvalue weighted by atomic mass is 9.93. The summed E-state index contributed by atoms with van der Waals surface area (Å²) in [5, 5.41) is 14.8. The normalized spacial score (nSPS) is 11.8. The number of rotatable bonds is 31. The first-order valence-corrected chi connectivity index (χ1v) is 34.2. The first kappa shape index (κ1) is 59.3. The SMILES string of the molecule is CCCCc1cccc(P(c2cccc(CCCC)c2CCCC)c2ccc3ccccc3c2-c2c(P(c3cccc(CCCC)c3CCCC)c3cccc(CCCC)c3CCCC)ccc3ccccc23)c1CCCC. The second kappa shape index (κ2) is 30.7. The van der Waals surface area contributed by atoms with Gasteiger partial charge in [-0.1, -0.05) is 252 Å². The van der Waals surface area contributed by atoms with Gasteiger partial charge in [-0.3, -0.25) is 0 Å². The number of hydrogen-bond donors (Lipinski definition) is 0. The quantitative estimate of drug-likeness (QED) is 0.0380. The molecule has 0 aliphatic carbocycles. The molecule has 8 aromatic rings. The number of aryl methyl sites for hydroxylation is 4. The van der Waals surface area contributed by atoms with Crippen molar-refractivity contribution in [3.05, 3.63) is 190 Å². The van der Waals surface area contributed by atoms with Gasteiger partial charge in [0, 0.05) is 0 Å². The molecule has 0 aliphatic heterocycles. The van der Waals surface area contributed by atoms with Gasteiger partial charge in [-0.15, -0.1) is 0 Å². The molecule has 8 rings (SSSR count). The first-order valence-electron chi connectivity index (χ1n) is 31.5. The lowest BCUT2D eigenvalue weighted by Crippen LogP contribution is -2.31. The van der Waals surface area contributed by atoms with Gasteiger partial charge in [-0.05, 0) is 228 Å². The molecule has 0 saturated carbocycles. The van der Waals surface area contributed by atoms with E-state index >= 15 is 0 Å². The topological polar surface area (TPSA) is 0 Å². The summed E-state index contributed by atoms with van der Waals surface area (Å²) >= 11 is 0. The van der Waals surface area contributed by atoms with Crippen molar-refractivity contribution in [2.75, 3.05) is 0 Å². The van der Waals surface area contributed by atoms with Crippen molar-refractivity contribution in [2.24, 2.45) is 0 Å². The minimum Gasteiger partial charge on any atom is -0.0654 e. The van der Waals surface area contributed by atoms with Gasteiger partial charge in [0.15, 0.2) is 0 Å². The summed E-state index contributed by atoms with van der Waals surface area (Å²) in [7, 11) is -2.08. The highest BCUT2D eigenvalue weighted by atomic mass is 31.1. The summed E-state index contributed by atoms with van der Waals surface area (Å²) in [4.78, 5) is 0. The van der Waals surface area contributed by atoms with Crippen LogP contribution >= 0.6 is 15.8 Å². The summed E-state index contributed by atoms with van der Waals surface area (Å²) in [5.74, 6) is 0. The molecule has 0 saturated heterocycles. The Bertz CT molecular complexity index is 2810. The predicted octanol–water partition coefficient (Wildman–Crippen LogP) is 19.9. The standard InChI is InChI=1S/C76H96P2/c1-9-17-33-57-39-29-49-69(63(57)43-21-13-5)77(70-50-30-40-58(34-18-10-2)64(70)44-22-14-6)73-55-53-61-37-25-27-47-67(61)75(73)76-68-48-28-26-38-62(68)54-56-74(76)78(71-51-31-41-59(35-19-11-3)65(71)45-23-15-7)72-52-32-42-60(36-20-12-4)66(72)46-24-16-8/h25-32,37-42,47-56H,9-24,33-36,43-46H2,1-8H3. The second-order valence-corrected chi connectivity index (χ2v) is 26.8. The van der Waals surface area contributed by atoms with Crippen molar-refractivity contribution < 1.29 is 0 Å². The molecule has 0 nitrogen and oxygen atoms in total. The third-order valence-electron chi connectivity index (χ3n) is 16.8. The van der Waals surface area contributed by atoms with E-state index in [0.29, 0.717) is 0 Å². The van der Waals surface area contributed by atoms with Crippen molar-refractivity contribution in [1.82, 2.24) is 0 Å². The minimum absolute atomic E-state index is 1.04. The molecule has 8 aromatic carbocycles. The molecule has 410 valence electrons. The van der Waals surface area contributed by atoms with Crippen molar-refractivity contribution in [3.8, 4) is 11.1 Å². The average molecular weight is 1070 g/mol. The van der Waals surface area contributed by atoms with Gasteiger partial charge in [0.2, 0.25) is 0 Å². The van der Waals surface area contributed by atoms with Gasteiger partial charge in [0.05, 0.1) is 0 Å². The summed E-state index contributed by atoms with van der Waals surface area (Å²) < 4.78 is 0. The largest absolute Gasteiger partial charge is 0.0654 e. The van der Waals surface area contributed by atoms with E-state index in [1.807, 2.05) is 0 Å². The van der Waals surface area contributed by atoms with E-state index < -0.39 is 15.8 Å². The van der Waals surface area contributed by atoms with Crippen LogP contribution in [0.15, 0.2) is 146 Å². The Morgan fingerprint density at radius 3 is 0.756 bits per heavy atom. The van der Waals surface area contributed by atoms with Crippen molar-refractivity contribution in [1.29, 1.82) is 0 Å². The van der Waals surface area contributed by atoms with Crippen LogP contribution in [0.2, 0.25) is 0 Å². The lowest BCUT2D eigenvalue weighted by Gasteiger charge is -2.32. The van der Waals surface area contributed by atoms with Crippen molar-refractivity contribution in [3.63, 3.8) is 0 Å². The van der Waals surface area contributed by atoms with Gasteiger partial charge in [-0.25, -0.2) is 0 Å². The molecule has 0 unspecified atom stereocenters. The van der Waals surface area contributed by atoms with Crippen molar-refractivity contribution in [2.45, 2.75) is 209 Å². The van der Waals surface area contributed by atoms with Crippen LogP contribution in [0.4, 0.5) is 0 Å². The molecule has 0 amide bonds. The zero-order valence-electron chi connectivity index (χ0n) is 49.7. The molecule has 0 atom stereocenters. The third-order valence-corrected chi connectivity index (χ3v) is 22.1. The predicted molar refractivity (Wildman–Crippen MR) is 353 cm³/mol. The fourth-order valence-corrected chi connectivity index (χ4v) is 18.5. The van der Waals surface area contributed by atoms with Gasteiger partial charge in [0.1, 0.15) is 0 Å². The summed E-state index contributed by atoms with van der Waals surface area (Å²) in [6.45, 7) is 19.0. The number of hydrogen-bond acceptors (Lipinski definition) is 0. The van der Waals surface area contributed by atoms with Gasteiger partial charge >= 0.3 is 0 Å². The highest BCUT2D eigenvalue weighted by Gasteiger charge is 2.33. The molecule has 2 heteroatoms. The third kappa shape index (κ3) is 13.8. The summed E-state index contributed by atoms with van der Waals surface area (Å²) in [6, 6.07) is 59.6. The van der Waals surface area contributed by atoms with Crippen LogP contribution in [0, 0.1) is 0 Å². The van der Waals surface area contributed by atoms with E-state index in [1.54, 1.807) is 65.7 Å². The zero-order valence-corrected chi connectivity index (χ0v) is 51.5. The Balaban J connectivity index is 1.59.